The second-order valence-electron chi connectivity index (χ2n) is 1.84. The van der Waals surface area contributed by atoms with Gasteiger partial charge in [-0.1, -0.05) is 11.6 Å². The number of thioether (sulfide) groups is 1. The van der Waals surface area contributed by atoms with Crippen LogP contribution in [0.4, 0.5) is 0 Å². The summed E-state index contributed by atoms with van der Waals surface area (Å²) in [6.45, 7) is 1.89. The zero-order valence-corrected chi connectivity index (χ0v) is 7.33. The van der Waals surface area contributed by atoms with Crippen LogP contribution in [0.2, 0.25) is 5.15 Å². The molecule has 0 bridgehead atoms. The smallest absolute Gasteiger partial charge is 0.154 e. The maximum Gasteiger partial charge on any atom is 0.165 e. The zero-order valence-electron chi connectivity index (χ0n) is 5.76. The van der Waals surface area contributed by atoms with Crippen molar-refractivity contribution in [2.24, 2.45) is 0 Å². The minimum atomic E-state index is 0.484. The minimum Gasteiger partial charge on any atom is -0.154 e. The van der Waals surface area contributed by atoms with Crippen LogP contribution in [0.1, 0.15) is 5.69 Å². The number of aryl methyl sites for hydroxylation is 1. The number of rotatable bonds is 1. The molecule has 0 atom stereocenters. The van der Waals surface area contributed by atoms with Gasteiger partial charge in [0.1, 0.15) is 0 Å². The fourth-order valence-corrected chi connectivity index (χ4v) is 1.41. The predicted molar refractivity (Wildman–Crippen MR) is 43.6 cm³/mol. The van der Waals surface area contributed by atoms with E-state index in [2.05, 4.69) is 10.2 Å². The molecule has 0 aliphatic carbocycles. The van der Waals surface area contributed by atoms with Gasteiger partial charge in [0.05, 0.1) is 5.69 Å². The molecular weight excluding hydrogens is 168 g/mol. The highest BCUT2D eigenvalue weighted by atomic mass is 35.5. The number of halogens is 1. The lowest BCUT2D eigenvalue weighted by Crippen LogP contribution is -1.87. The average Bonchev–Trinajstić information content (AvgIpc) is 1.94. The highest BCUT2D eigenvalue weighted by Crippen LogP contribution is 2.21. The van der Waals surface area contributed by atoms with E-state index in [9.17, 15) is 0 Å². The molecule has 0 saturated carbocycles. The van der Waals surface area contributed by atoms with Gasteiger partial charge < -0.3 is 0 Å². The van der Waals surface area contributed by atoms with Crippen LogP contribution in [-0.2, 0) is 0 Å². The molecular formula is C6H7ClN2S. The second-order valence-corrected chi connectivity index (χ2v) is 3.05. The van der Waals surface area contributed by atoms with Gasteiger partial charge in [-0.3, -0.25) is 0 Å². The molecule has 0 aromatic carbocycles. The second kappa shape index (κ2) is 3.21. The van der Waals surface area contributed by atoms with Crippen LogP contribution in [0.3, 0.4) is 0 Å². The third-order valence-electron chi connectivity index (χ3n) is 1.06. The normalized spacial score (nSPS) is 9.90. The molecule has 1 heterocycles. The van der Waals surface area contributed by atoms with Gasteiger partial charge >= 0.3 is 0 Å². The first kappa shape index (κ1) is 7.82. The van der Waals surface area contributed by atoms with E-state index < -0.39 is 0 Å². The Morgan fingerprint density at radius 1 is 1.50 bits per heavy atom. The Bertz CT molecular complexity index is 239. The van der Waals surface area contributed by atoms with Crippen molar-refractivity contribution in [3.05, 3.63) is 16.9 Å². The molecule has 0 fully saturated rings. The van der Waals surface area contributed by atoms with Gasteiger partial charge in [-0.25, -0.2) is 0 Å². The highest BCUT2D eigenvalue weighted by Gasteiger charge is 1.99. The molecule has 10 heavy (non-hydrogen) atoms. The monoisotopic (exact) mass is 174 g/mol. The van der Waals surface area contributed by atoms with Crippen LogP contribution >= 0.6 is 23.4 Å². The van der Waals surface area contributed by atoms with Crippen LogP contribution in [0.25, 0.3) is 0 Å². The van der Waals surface area contributed by atoms with E-state index in [0.717, 1.165) is 10.6 Å². The highest BCUT2D eigenvalue weighted by molar-refractivity contribution is 7.98. The quantitative estimate of drug-likeness (QED) is 0.611. The molecule has 0 spiro atoms. The summed E-state index contributed by atoms with van der Waals surface area (Å²) in [4.78, 5) is 0.981. The van der Waals surface area contributed by atoms with E-state index in [4.69, 9.17) is 11.6 Å². The van der Waals surface area contributed by atoms with Gasteiger partial charge in [-0.15, -0.1) is 16.9 Å². The van der Waals surface area contributed by atoms with Crippen molar-refractivity contribution in [3.8, 4) is 0 Å². The largest absolute Gasteiger partial charge is 0.165 e. The van der Waals surface area contributed by atoms with E-state index in [1.54, 1.807) is 11.8 Å². The molecule has 0 N–H and O–H groups in total. The van der Waals surface area contributed by atoms with Gasteiger partial charge in [0.15, 0.2) is 5.15 Å². The summed E-state index contributed by atoms with van der Waals surface area (Å²) in [6.07, 6.45) is 1.96. The Balaban J connectivity index is 3.09. The lowest BCUT2D eigenvalue weighted by molar-refractivity contribution is 0.951. The standard InChI is InChI=1S/C6H7ClN2S/c1-4-3-5(10-2)6(7)9-8-4/h3H,1-2H3. The molecule has 4 heteroatoms. The average molecular weight is 175 g/mol. The van der Waals surface area contributed by atoms with Crippen molar-refractivity contribution in [3.63, 3.8) is 0 Å². The molecule has 2 nitrogen and oxygen atoms in total. The third-order valence-corrected chi connectivity index (χ3v) is 2.20. The van der Waals surface area contributed by atoms with Gasteiger partial charge in [-0.05, 0) is 19.2 Å². The number of hydrogen-bond acceptors (Lipinski definition) is 3. The van der Waals surface area contributed by atoms with E-state index in [1.807, 2.05) is 19.2 Å². The van der Waals surface area contributed by atoms with Crippen molar-refractivity contribution < 1.29 is 0 Å². The summed E-state index contributed by atoms with van der Waals surface area (Å²) >= 11 is 7.28. The maximum absolute atomic E-state index is 5.70. The van der Waals surface area contributed by atoms with Gasteiger partial charge in [0.25, 0.3) is 0 Å². The lowest BCUT2D eigenvalue weighted by atomic mass is 10.4. The van der Waals surface area contributed by atoms with Gasteiger partial charge in [0, 0.05) is 4.90 Å². The summed E-state index contributed by atoms with van der Waals surface area (Å²) in [5, 5.41) is 8.02. The molecule has 0 aliphatic heterocycles. The third kappa shape index (κ3) is 1.61. The molecule has 1 aromatic heterocycles. The van der Waals surface area contributed by atoms with Crippen molar-refractivity contribution >= 4 is 23.4 Å². The molecule has 0 saturated heterocycles. The Morgan fingerprint density at radius 2 is 2.20 bits per heavy atom. The SMILES string of the molecule is CSc1cc(C)nnc1Cl. The van der Waals surface area contributed by atoms with Gasteiger partial charge in [-0.2, -0.15) is 5.10 Å². The lowest BCUT2D eigenvalue weighted by Gasteiger charge is -1.97. The van der Waals surface area contributed by atoms with Crippen molar-refractivity contribution in [2.45, 2.75) is 11.8 Å². The van der Waals surface area contributed by atoms with Crippen LogP contribution < -0.4 is 0 Å². The maximum atomic E-state index is 5.70. The topological polar surface area (TPSA) is 25.8 Å². The Labute approximate surface area is 69.0 Å². The Morgan fingerprint density at radius 3 is 2.70 bits per heavy atom. The van der Waals surface area contributed by atoms with Crippen LogP contribution in [0.5, 0.6) is 0 Å². The Hall–Kier alpha value is -0.280. The summed E-state index contributed by atoms with van der Waals surface area (Å²) in [5.74, 6) is 0. The van der Waals surface area contributed by atoms with Crippen molar-refractivity contribution in [1.29, 1.82) is 0 Å². The van der Waals surface area contributed by atoms with Gasteiger partial charge in [0.2, 0.25) is 0 Å². The first-order valence-corrected chi connectivity index (χ1v) is 4.38. The van der Waals surface area contributed by atoms with E-state index in [0.29, 0.717) is 5.15 Å². The van der Waals surface area contributed by atoms with Crippen LogP contribution in [0.15, 0.2) is 11.0 Å². The van der Waals surface area contributed by atoms with Crippen LogP contribution in [-0.4, -0.2) is 16.5 Å². The zero-order chi connectivity index (χ0) is 7.56. The molecule has 54 valence electrons. The molecule has 1 aromatic rings. The van der Waals surface area contributed by atoms with Crippen LogP contribution in [0, 0.1) is 6.92 Å². The number of hydrogen-bond donors (Lipinski definition) is 0. The van der Waals surface area contributed by atoms with Crippen molar-refractivity contribution in [2.75, 3.05) is 6.26 Å². The number of aromatic nitrogens is 2. The first-order valence-electron chi connectivity index (χ1n) is 2.78. The predicted octanol–water partition coefficient (Wildman–Crippen LogP) is 2.16. The molecule has 1 rings (SSSR count). The fraction of sp³-hybridized carbons (Fsp3) is 0.333. The molecule has 0 unspecified atom stereocenters. The number of nitrogens with zero attached hydrogens (tertiary/aromatic N) is 2. The first-order chi connectivity index (χ1) is 4.74. The summed E-state index contributed by atoms with van der Waals surface area (Å²) in [5.41, 5.74) is 0.897. The van der Waals surface area contributed by atoms with Crippen molar-refractivity contribution in [1.82, 2.24) is 10.2 Å². The molecule has 0 amide bonds. The summed E-state index contributed by atoms with van der Waals surface area (Å²) in [7, 11) is 0. The fourth-order valence-electron chi connectivity index (χ4n) is 0.593. The molecule has 0 aliphatic rings. The Kier molecular flexibility index (Phi) is 2.51. The summed E-state index contributed by atoms with van der Waals surface area (Å²) in [6, 6.07) is 1.92. The minimum absolute atomic E-state index is 0.484. The van der Waals surface area contributed by atoms with E-state index >= 15 is 0 Å². The van der Waals surface area contributed by atoms with E-state index in [1.165, 1.54) is 0 Å². The van der Waals surface area contributed by atoms with E-state index in [-0.39, 0.29) is 0 Å². The summed E-state index contributed by atoms with van der Waals surface area (Å²) < 4.78 is 0. The molecule has 0 radical (unpaired) electrons.